The van der Waals surface area contributed by atoms with Crippen LogP contribution in [-0.4, -0.2) is 0 Å². The second kappa shape index (κ2) is 16.5. The molecule has 0 aliphatic rings. The van der Waals surface area contributed by atoms with Crippen LogP contribution in [-0.2, 0) is 0 Å². The van der Waals surface area contributed by atoms with Crippen molar-refractivity contribution in [3.05, 3.63) is 0 Å². The molecule has 0 radical (unpaired) electrons. The van der Waals surface area contributed by atoms with E-state index in [1.807, 2.05) is 0 Å². The number of hydrogen-bond donors (Lipinski definition) is 1. The van der Waals surface area contributed by atoms with Crippen LogP contribution in [0.2, 0.25) is 0 Å². The molecule has 0 spiro atoms. The topological polar surface area (TPSA) is 35.0 Å². The second-order valence-corrected chi connectivity index (χ2v) is 3.18. The normalized spacial score (nSPS) is 8.18. The summed E-state index contributed by atoms with van der Waals surface area (Å²) < 4.78 is 0. The number of unbranched alkanes of at least 4 members (excludes halogenated alkanes) is 1. The molecule has 0 saturated carbocycles. The minimum Gasteiger partial charge on any atom is -0.344 e. The van der Waals surface area contributed by atoms with E-state index in [9.17, 15) is 0 Å². The Morgan fingerprint density at radius 2 is 1.18 bits per heavy atom. The maximum Gasteiger partial charge on any atom is -0.0471 e. The minimum atomic E-state index is 0. The minimum absolute atomic E-state index is 0. The lowest BCUT2D eigenvalue weighted by molar-refractivity contribution is 0.576. The predicted molar refractivity (Wildman–Crippen MR) is 55.4 cm³/mol. The summed E-state index contributed by atoms with van der Waals surface area (Å²) in [5, 5.41) is 0. The van der Waals surface area contributed by atoms with E-state index < -0.39 is 0 Å². The van der Waals surface area contributed by atoms with Crippen LogP contribution < -0.4 is 6.15 Å². The van der Waals surface area contributed by atoms with Gasteiger partial charge in [-0.25, -0.2) is 0 Å². The Bertz CT molecular complexity index is 40.1. The van der Waals surface area contributed by atoms with Gasteiger partial charge in [-0.1, -0.05) is 60.3 Å². The van der Waals surface area contributed by atoms with Gasteiger partial charge in [0, 0.05) is 0 Å². The third-order valence-electron chi connectivity index (χ3n) is 1.37. The molecule has 0 heterocycles. The second-order valence-electron chi connectivity index (χ2n) is 3.18. The van der Waals surface area contributed by atoms with Gasteiger partial charge in [-0.3, -0.25) is 0 Å². The molecule has 0 aliphatic heterocycles. The first-order valence-electron chi connectivity index (χ1n) is 4.68. The molecule has 0 aromatic carbocycles. The van der Waals surface area contributed by atoms with Crippen LogP contribution in [0.15, 0.2) is 0 Å². The van der Waals surface area contributed by atoms with Gasteiger partial charge in [0.25, 0.3) is 0 Å². The largest absolute Gasteiger partial charge is 0.344 e. The summed E-state index contributed by atoms with van der Waals surface area (Å²) in [6.07, 6.45) is 5.34. The summed E-state index contributed by atoms with van der Waals surface area (Å²) >= 11 is 0. The molecule has 3 N–H and O–H groups in total. The molecular weight excluding hydrogens is 134 g/mol. The predicted octanol–water partition coefficient (Wildman–Crippen LogP) is 4.41. The molecule has 0 aromatic heterocycles. The van der Waals surface area contributed by atoms with Crippen molar-refractivity contribution in [2.75, 3.05) is 0 Å². The van der Waals surface area contributed by atoms with Crippen LogP contribution in [0.5, 0.6) is 0 Å². The smallest absolute Gasteiger partial charge is 0.0471 e. The van der Waals surface area contributed by atoms with Crippen LogP contribution in [0.1, 0.15) is 60.3 Å². The van der Waals surface area contributed by atoms with Crippen molar-refractivity contribution in [3.63, 3.8) is 0 Å². The van der Waals surface area contributed by atoms with E-state index in [2.05, 4.69) is 34.6 Å². The molecule has 72 valence electrons. The molecular formula is C10H27N. The molecule has 1 nitrogen and oxygen atoms in total. The summed E-state index contributed by atoms with van der Waals surface area (Å²) in [5.74, 6) is 0.898. The first kappa shape index (κ1) is 17.2. The zero-order chi connectivity index (χ0) is 8.41. The fourth-order valence-electron chi connectivity index (χ4n) is 0.577. The molecule has 0 fully saturated rings. The monoisotopic (exact) mass is 161 g/mol. The van der Waals surface area contributed by atoms with Crippen molar-refractivity contribution in [3.8, 4) is 0 Å². The van der Waals surface area contributed by atoms with Crippen molar-refractivity contribution in [1.29, 1.82) is 0 Å². The van der Waals surface area contributed by atoms with Crippen molar-refractivity contribution in [2.45, 2.75) is 60.3 Å². The Morgan fingerprint density at radius 1 is 0.818 bits per heavy atom. The van der Waals surface area contributed by atoms with E-state index in [1.54, 1.807) is 0 Å². The van der Waals surface area contributed by atoms with Gasteiger partial charge >= 0.3 is 0 Å². The third kappa shape index (κ3) is 40.2. The molecule has 0 aromatic rings. The molecule has 0 bridgehead atoms. The van der Waals surface area contributed by atoms with E-state index in [0.717, 1.165) is 5.92 Å². The van der Waals surface area contributed by atoms with Gasteiger partial charge in [0.1, 0.15) is 0 Å². The Labute approximate surface area is 73.2 Å². The van der Waals surface area contributed by atoms with Crippen molar-refractivity contribution in [1.82, 2.24) is 6.15 Å². The van der Waals surface area contributed by atoms with Gasteiger partial charge in [0.2, 0.25) is 0 Å². The number of rotatable bonds is 3. The summed E-state index contributed by atoms with van der Waals surface area (Å²) in [5.41, 5.74) is 0. The number of hydrogen-bond acceptors (Lipinski definition) is 1. The first-order valence-corrected chi connectivity index (χ1v) is 4.68. The fraction of sp³-hybridized carbons (Fsp3) is 1.00. The SMILES string of the molecule is CCCC.CCCC(C)C.N. The van der Waals surface area contributed by atoms with E-state index in [1.165, 1.54) is 25.7 Å². The zero-order valence-corrected chi connectivity index (χ0v) is 9.11. The van der Waals surface area contributed by atoms with Crippen LogP contribution in [0.3, 0.4) is 0 Å². The highest BCUT2D eigenvalue weighted by molar-refractivity contribution is 4.38. The highest BCUT2D eigenvalue weighted by atomic mass is 14.0. The van der Waals surface area contributed by atoms with Crippen LogP contribution in [0.25, 0.3) is 0 Å². The van der Waals surface area contributed by atoms with E-state index >= 15 is 0 Å². The third-order valence-corrected chi connectivity index (χ3v) is 1.37. The van der Waals surface area contributed by atoms with Crippen molar-refractivity contribution in [2.24, 2.45) is 5.92 Å². The molecule has 11 heavy (non-hydrogen) atoms. The molecule has 0 rings (SSSR count). The molecule has 0 unspecified atom stereocenters. The molecule has 0 atom stereocenters. The summed E-state index contributed by atoms with van der Waals surface area (Å²) in [6.45, 7) is 11.1. The van der Waals surface area contributed by atoms with Crippen LogP contribution in [0, 0.1) is 5.92 Å². The Balaban J connectivity index is -0.000000114. The lowest BCUT2D eigenvalue weighted by atomic mass is 10.1. The van der Waals surface area contributed by atoms with Gasteiger partial charge < -0.3 is 6.15 Å². The van der Waals surface area contributed by atoms with Gasteiger partial charge in [0.05, 0.1) is 0 Å². The Kier molecular flexibility index (Phi) is 25.7. The molecule has 0 saturated heterocycles. The molecule has 0 aliphatic carbocycles. The average molecular weight is 161 g/mol. The Morgan fingerprint density at radius 3 is 1.18 bits per heavy atom. The highest BCUT2D eigenvalue weighted by Crippen LogP contribution is 2.00. The van der Waals surface area contributed by atoms with Gasteiger partial charge in [-0.2, -0.15) is 0 Å². The van der Waals surface area contributed by atoms with E-state index in [-0.39, 0.29) is 6.15 Å². The van der Waals surface area contributed by atoms with E-state index in [0.29, 0.717) is 0 Å². The standard InChI is InChI=1S/C6H14.C4H10.H3N/c1-4-5-6(2)3;1-3-4-2;/h6H,4-5H2,1-3H3;3-4H2,1-2H3;1H3. The van der Waals surface area contributed by atoms with Gasteiger partial charge in [-0.15, -0.1) is 0 Å². The lowest BCUT2D eigenvalue weighted by Gasteiger charge is -1.95. The van der Waals surface area contributed by atoms with Gasteiger partial charge in [0.15, 0.2) is 0 Å². The van der Waals surface area contributed by atoms with Crippen molar-refractivity contribution < 1.29 is 0 Å². The average Bonchev–Trinajstić information content (AvgIpc) is 1.89. The summed E-state index contributed by atoms with van der Waals surface area (Å²) in [7, 11) is 0. The maximum atomic E-state index is 2.25. The maximum absolute atomic E-state index is 2.25. The Hall–Kier alpha value is -0.0400. The van der Waals surface area contributed by atoms with Crippen LogP contribution >= 0.6 is 0 Å². The van der Waals surface area contributed by atoms with Crippen LogP contribution in [0.4, 0.5) is 0 Å². The van der Waals surface area contributed by atoms with Crippen molar-refractivity contribution >= 4 is 0 Å². The molecule has 0 amide bonds. The lowest BCUT2D eigenvalue weighted by Crippen LogP contribution is -1.81. The molecule has 1 heteroatoms. The van der Waals surface area contributed by atoms with Gasteiger partial charge in [-0.05, 0) is 5.92 Å². The highest BCUT2D eigenvalue weighted by Gasteiger charge is 1.85. The first-order chi connectivity index (χ1) is 4.68. The van der Waals surface area contributed by atoms with E-state index in [4.69, 9.17) is 0 Å². The zero-order valence-electron chi connectivity index (χ0n) is 9.11. The summed E-state index contributed by atoms with van der Waals surface area (Å²) in [4.78, 5) is 0. The summed E-state index contributed by atoms with van der Waals surface area (Å²) in [6, 6.07) is 0. The quantitative estimate of drug-likeness (QED) is 0.653. The fourth-order valence-corrected chi connectivity index (χ4v) is 0.577.